The van der Waals surface area contributed by atoms with E-state index < -0.39 is 17.4 Å². The van der Waals surface area contributed by atoms with Gasteiger partial charge in [0.2, 0.25) is 0 Å². The molecule has 3 aromatic carbocycles. The molecule has 0 aromatic heterocycles. The fourth-order valence-corrected chi connectivity index (χ4v) is 3.08. The second kappa shape index (κ2) is 9.17. The Kier molecular flexibility index (Phi) is 6.62. The average Bonchev–Trinajstić information content (AvgIpc) is 2.71. The van der Waals surface area contributed by atoms with Crippen molar-refractivity contribution in [2.75, 3.05) is 13.2 Å². The standard InChI is InChI=1S/C23H22BrNO5/c1-23(2,22(27)28)25-21(26)19-12-7-15-5-3-4-6-18(15)20(19)30-14-13-29-17-10-8-16(24)9-11-17/h3-12H,13-14H2,1-2H3,(H,25,26)(H,27,28). The molecule has 1 amide bonds. The van der Waals surface area contributed by atoms with Crippen LogP contribution in [0, 0.1) is 0 Å². The fourth-order valence-electron chi connectivity index (χ4n) is 2.82. The third kappa shape index (κ3) is 5.10. The lowest BCUT2D eigenvalue weighted by Gasteiger charge is -2.22. The summed E-state index contributed by atoms with van der Waals surface area (Å²) in [7, 11) is 0. The predicted molar refractivity (Wildman–Crippen MR) is 118 cm³/mol. The summed E-state index contributed by atoms with van der Waals surface area (Å²) in [5, 5.41) is 13.5. The van der Waals surface area contributed by atoms with Crippen LogP contribution >= 0.6 is 15.9 Å². The first-order valence-electron chi connectivity index (χ1n) is 9.37. The molecule has 30 heavy (non-hydrogen) atoms. The third-order valence-electron chi connectivity index (χ3n) is 4.50. The molecule has 0 fully saturated rings. The molecule has 3 aromatic rings. The van der Waals surface area contributed by atoms with E-state index in [0.717, 1.165) is 15.2 Å². The van der Waals surface area contributed by atoms with Gasteiger partial charge in [-0.1, -0.05) is 46.3 Å². The van der Waals surface area contributed by atoms with Crippen molar-refractivity contribution in [3.63, 3.8) is 0 Å². The molecule has 0 bridgehead atoms. The van der Waals surface area contributed by atoms with E-state index in [-0.39, 0.29) is 18.8 Å². The van der Waals surface area contributed by atoms with E-state index in [1.807, 2.05) is 54.6 Å². The van der Waals surface area contributed by atoms with Gasteiger partial charge in [-0.05, 0) is 49.6 Å². The van der Waals surface area contributed by atoms with Crippen LogP contribution in [0.2, 0.25) is 0 Å². The Balaban J connectivity index is 1.80. The van der Waals surface area contributed by atoms with Crippen LogP contribution in [0.5, 0.6) is 11.5 Å². The van der Waals surface area contributed by atoms with E-state index in [9.17, 15) is 14.7 Å². The summed E-state index contributed by atoms with van der Waals surface area (Å²) >= 11 is 3.38. The molecule has 0 saturated carbocycles. The van der Waals surface area contributed by atoms with Gasteiger partial charge in [0.05, 0.1) is 5.56 Å². The van der Waals surface area contributed by atoms with Gasteiger partial charge >= 0.3 is 5.97 Å². The Morgan fingerprint density at radius 3 is 2.33 bits per heavy atom. The van der Waals surface area contributed by atoms with Crippen LogP contribution in [-0.4, -0.2) is 35.7 Å². The van der Waals surface area contributed by atoms with Crippen molar-refractivity contribution in [3.05, 3.63) is 70.7 Å². The first-order valence-corrected chi connectivity index (χ1v) is 10.2. The lowest BCUT2D eigenvalue weighted by molar-refractivity contribution is -0.143. The molecule has 0 unspecified atom stereocenters. The quantitative estimate of drug-likeness (QED) is 0.467. The van der Waals surface area contributed by atoms with Crippen molar-refractivity contribution in [1.82, 2.24) is 5.32 Å². The van der Waals surface area contributed by atoms with E-state index >= 15 is 0 Å². The number of hydrogen-bond donors (Lipinski definition) is 2. The second-order valence-corrected chi connectivity index (χ2v) is 8.11. The minimum Gasteiger partial charge on any atom is -0.490 e. The zero-order valence-electron chi connectivity index (χ0n) is 16.6. The zero-order chi connectivity index (χ0) is 21.7. The molecule has 0 atom stereocenters. The monoisotopic (exact) mass is 471 g/mol. The number of ether oxygens (including phenoxy) is 2. The van der Waals surface area contributed by atoms with Gasteiger partial charge in [0.25, 0.3) is 5.91 Å². The first-order chi connectivity index (χ1) is 14.3. The van der Waals surface area contributed by atoms with E-state index in [4.69, 9.17) is 9.47 Å². The van der Waals surface area contributed by atoms with Crippen LogP contribution in [-0.2, 0) is 4.79 Å². The van der Waals surface area contributed by atoms with E-state index in [0.29, 0.717) is 11.5 Å². The Morgan fingerprint density at radius 2 is 1.63 bits per heavy atom. The van der Waals surface area contributed by atoms with E-state index in [1.165, 1.54) is 13.8 Å². The highest BCUT2D eigenvalue weighted by molar-refractivity contribution is 9.10. The molecule has 0 aliphatic carbocycles. The number of aliphatic carboxylic acids is 1. The first kappa shape index (κ1) is 21.6. The number of carboxylic acid groups (broad SMARTS) is 1. The number of carbonyl (C=O) groups excluding carboxylic acids is 1. The van der Waals surface area contributed by atoms with Gasteiger partial charge in [-0.25, -0.2) is 4.79 Å². The van der Waals surface area contributed by atoms with Gasteiger partial charge in [-0.3, -0.25) is 4.79 Å². The molecule has 0 spiro atoms. The lowest BCUT2D eigenvalue weighted by atomic mass is 10.0. The van der Waals surface area contributed by atoms with Crippen LogP contribution in [0.1, 0.15) is 24.2 Å². The van der Waals surface area contributed by atoms with Crippen molar-refractivity contribution in [2.24, 2.45) is 0 Å². The predicted octanol–water partition coefficient (Wildman–Crippen LogP) is 4.65. The number of rotatable bonds is 8. The number of amides is 1. The molecule has 2 N–H and O–H groups in total. The number of halogens is 1. The summed E-state index contributed by atoms with van der Waals surface area (Å²) in [5.74, 6) is -0.536. The van der Waals surface area contributed by atoms with Crippen molar-refractivity contribution in [3.8, 4) is 11.5 Å². The van der Waals surface area contributed by atoms with E-state index in [1.54, 1.807) is 6.07 Å². The maximum atomic E-state index is 12.8. The average molecular weight is 472 g/mol. The van der Waals surface area contributed by atoms with Crippen LogP contribution < -0.4 is 14.8 Å². The van der Waals surface area contributed by atoms with Gasteiger partial charge in [0.1, 0.15) is 30.3 Å². The molecule has 7 heteroatoms. The van der Waals surface area contributed by atoms with Gasteiger partial charge in [-0.15, -0.1) is 0 Å². The number of hydrogen-bond acceptors (Lipinski definition) is 4. The Labute approximate surface area is 182 Å². The van der Waals surface area contributed by atoms with Crippen molar-refractivity contribution < 1.29 is 24.2 Å². The smallest absolute Gasteiger partial charge is 0.328 e. The van der Waals surface area contributed by atoms with Gasteiger partial charge in [0, 0.05) is 9.86 Å². The molecule has 0 heterocycles. The van der Waals surface area contributed by atoms with Crippen LogP contribution in [0.3, 0.4) is 0 Å². The van der Waals surface area contributed by atoms with Crippen LogP contribution in [0.4, 0.5) is 0 Å². The maximum absolute atomic E-state index is 12.8. The highest BCUT2D eigenvalue weighted by Gasteiger charge is 2.30. The molecular weight excluding hydrogens is 450 g/mol. The molecule has 6 nitrogen and oxygen atoms in total. The van der Waals surface area contributed by atoms with Crippen molar-refractivity contribution in [2.45, 2.75) is 19.4 Å². The summed E-state index contributed by atoms with van der Waals surface area (Å²) in [6, 6.07) is 18.4. The number of nitrogens with one attached hydrogen (secondary N) is 1. The molecule has 156 valence electrons. The maximum Gasteiger partial charge on any atom is 0.328 e. The molecule has 3 rings (SSSR count). The van der Waals surface area contributed by atoms with Gasteiger partial charge in [0.15, 0.2) is 0 Å². The topological polar surface area (TPSA) is 84.9 Å². The Hall–Kier alpha value is -3.06. The molecule has 0 radical (unpaired) electrons. The minimum atomic E-state index is -1.41. The summed E-state index contributed by atoms with van der Waals surface area (Å²) in [5.41, 5.74) is -1.14. The number of benzene rings is 3. The Bertz CT molecular complexity index is 1060. The zero-order valence-corrected chi connectivity index (χ0v) is 18.2. The summed E-state index contributed by atoms with van der Waals surface area (Å²) in [4.78, 5) is 24.2. The molecule has 0 aliphatic rings. The van der Waals surface area contributed by atoms with E-state index in [2.05, 4.69) is 21.2 Å². The highest BCUT2D eigenvalue weighted by Crippen LogP contribution is 2.30. The molecule has 0 saturated heterocycles. The van der Waals surface area contributed by atoms with Crippen molar-refractivity contribution >= 4 is 38.6 Å². The summed E-state index contributed by atoms with van der Waals surface area (Å²) < 4.78 is 12.6. The Morgan fingerprint density at radius 1 is 0.967 bits per heavy atom. The van der Waals surface area contributed by atoms with Crippen LogP contribution in [0.25, 0.3) is 10.8 Å². The van der Waals surface area contributed by atoms with Gasteiger partial charge < -0.3 is 19.9 Å². The summed E-state index contributed by atoms with van der Waals surface area (Å²) in [6.45, 7) is 3.36. The highest BCUT2D eigenvalue weighted by atomic mass is 79.9. The second-order valence-electron chi connectivity index (χ2n) is 7.20. The largest absolute Gasteiger partial charge is 0.490 e. The van der Waals surface area contributed by atoms with Crippen LogP contribution in [0.15, 0.2) is 65.1 Å². The van der Waals surface area contributed by atoms with Crippen molar-refractivity contribution in [1.29, 1.82) is 0 Å². The molecular formula is C23H22BrNO5. The molecule has 0 aliphatic heterocycles. The number of carbonyl (C=O) groups is 2. The fraction of sp³-hybridized carbons (Fsp3) is 0.217. The lowest BCUT2D eigenvalue weighted by Crippen LogP contribution is -2.49. The number of carboxylic acids is 1. The third-order valence-corrected chi connectivity index (χ3v) is 5.03. The summed E-state index contributed by atoms with van der Waals surface area (Å²) in [6.07, 6.45) is 0. The normalized spacial score (nSPS) is 11.2. The SMILES string of the molecule is CC(C)(NC(=O)c1ccc2ccccc2c1OCCOc1ccc(Br)cc1)C(=O)O. The minimum absolute atomic E-state index is 0.215. The number of fused-ring (bicyclic) bond motifs is 1. The van der Waals surface area contributed by atoms with Gasteiger partial charge in [-0.2, -0.15) is 0 Å².